The molecule has 1 aromatic carbocycles. The summed E-state index contributed by atoms with van der Waals surface area (Å²) in [5.74, 6) is -2.17. The van der Waals surface area contributed by atoms with E-state index in [0.29, 0.717) is 5.56 Å². The van der Waals surface area contributed by atoms with Crippen LogP contribution in [0.15, 0.2) is 30.3 Å². The lowest BCUT2D eigenvalue weighted by atomic mass is 10.0. The number of nitrogens with one attached hydrogen (secondary N) is 1. The molecule has 0 radical (unpaired) electrons. The first-order valence-electron chi connectivity index (χ1n) is 5.35. The fraction of sp³-hybridized carbons (Fsp3) is 0.250. The third-order valence-corrected chi connectivity index (χ3v) is 2.27. The molecular formula is C12H14N2O4. The monoisotopic (exact) mass is 250 g/mol. The molecular weight excluding hydrogens is 236 g/mol. The number of aliphatic carboxylic acids is 1. The van der Waals surface area contributed by atoms with Gasteiger partial charge in [-0.2, -0.15) is 0 Å². The molecule has 0 aliphatic heterocycles. The molecule has 96 valence electrons. The van der Waals surface area contributed by atoms with Crippen LogP contribution in [0.3, 0.4) is 0 Å². The highest BCUT2D eigenvalue weighted by atomic mass is 16.4. The zero-order chi connectivity index (χ0) is 13.5. The van der Waals surface area contributed by atoms with E-state index in [4.69, 9.17) is 10.8 Å². The SMILES string of the molecule is NCC(=O)N[C@H](CC(=O)O)C(=O)c1ccccc1. The lowest BCUT2D eigenvalue weighted by molar-refractivity contribution is -0.137. The summed E-state index contributed by atoms with van der Waals surface area (Å²) in [6.07, 6.45) is -0.473. The van der Waals surface area contributed by atoms with E-state index >= 15 is 0 Å². The van der Waals surface area contributed by atoms with Crippen molar-refractivity contribution in [3.8, 4) is 0 Å². The summed E-state index contributed by atoms with van der Waals surface area (Å²) in [5, 5.41) is 11.0. The molecule has 0 heterocycles. The van der Waals surface area contributed by atoms with Crippen molar-refractivity contribution in [2.45, 2.75) is 12.5 Å². The highest BCUT2D eigenvalue weighted by Gasteiger charge is 2.24. The molecule has 1 aromatic rings. The van der Waals surface area contributed by atoms with Crippen LogP contribution in [-0.4, -0.2) is 35.4 Å². The van der Waals surface area contributed by atoms with Gasteiger partial charge in [-0.25, -0.2) is 0 Å². The summed E-state index contributed by atoms with van der Waals surface area (Å²) >= 11 is 0. The third-order valence-electron chi connectivity index (χ3n) is 2.27. The second-order valence-corrected chi connectivity index (χ2v) is 3.65. The molecule has 0 unspecified atom stereocenters. The van der Waals surface area contributed by atoms with Crippen LogP contribution in [0.5, 0.6) is 0 Å². The Kier molecular flexibility index (Phi) is 5.01. The number of hydrogen-bond acceptors (Lipinski definition) is 4. The topological polar surface area (TPSA) is 109 Å². The van der Waals surface area contributed by atoms with E-state index in [2.05, 4.69) is 5.32 Å². The molecule has 0 fully saturated rings. The number of carbonyl (C=O) groups excluding carboxylic acids is 2. The molecule has 0 aliphatic carbocycles. The lowest BCUT2D eigenvalue weighted by Gasteiger charge is -2.15. The molecule has 1 amide bonds. The molecule has 0 spiro atoms. The van der Waals surface area contributed by atoms with E-state index in [-0.39, 0.29) is 6.54 Å². The second kappa shape index (κ2) is 6.51. The minimum atomic E-state index is -1.17. The molecule has 6 nitrogen and oxygen atoms in total. The second-order valence-electron chi connectivity index (χ2n) is 3.65. The van der Waals surface area contributed by atoms with Crippen LogP contribution in [0.1, 0.15) is 16.8 Å². The van der Waals surface area contributed by atoms with Crippen molar-refractivity contribution < 1.29 is 19.5 Å². The van der Waals surface area contributed by atoms with Gasteiger partial charge in [0.2, 0.25) is 5.91 Å². The average Bonchev–Trinajstić information content (AvgIpc) is 2.37. The standard InChI is InChI=1S/C12H14N2O4/c13-7-10(15)14-9(6-11(16)17)12(18)8-4-2-1-3-5-8/h1-5,9H,6-7,13H2,(H,14,15)(H,16,17)/t9-/m1/s1. The Bertz CT molecular complexity index is 445. The quantitative estimate of drug-likeness (QED) is 0.605. The Balaban J connectivity index is 2.85. The van der Waals surface area contributed by atoms with Crippen molar-refractivity contribution in [3.05, 3.63) is 35.9 Å². The van der Waals surface area contributed by atoms with Crippen molar-refractivity contribution in [1.29, 1.82) is 0 Å². The Morgan fingerprint density at radius 2 is 1.83 bits per heavy atom. The number of carbonyl (C=O) groups is 3. The summed E-state index contributed by atoms with van der Waals surface area (Å²) in [5.41, 5.74) is 5.47. The van der Waals surface area contributed by atoms with E-state index in [1.54, 1.807) is 30.3 Å². The number of amides is 1. The van der Waals surface area contributed by atoms with Gasteiger partial charge in [0.15, 0.2) is 5.78 Å². The highest BCUT2D eigenvalue weighted by molar-refractivity contribution is 6.03. The molecule has 0 aromatic heterocycles. The highest BCUT2D eigenvalue weighted by Crippen LogP contribution is 2.06. The molecule has 0 saturated heterocycles. The summed E-state index contributed by atoms with van der Waals surface area (Å²) in [4.78, 5) is 33.9. The van der Waals surface area contributed by atoms with Crippen LogP contribution in [0.4, 0.5) is 0 Å². The van der Waals surface area contributed by atoms with Gasteiger partial charge >= 0.3 is 5.97 Å². The maximum atomic E-state index is 12.0. The van der Waals surface area contributed by atoms with Crippen LogP contribution < -0.4 is 11.1 Å². The lowest BCUT2D eigenvalue weighted by Crippen LogP contribution is -2.44. The Labute approximate surface area is 104 Å². The summed E-state index contributed by atoms with van der Waals surface area (Å²) in [6.45, 7) is -0.293. The van der Waals surface area contributed by atoms with Gasteiger partial charge in [-0.05, 0) is 0 Å². The predicted molar refractivity (Wildman–Crippen MR) is 64.0 cm³/mol. The van der Waals surface area contributed by atoms with Crippen molar-refractivity contribution in [1.82, 2.24) is 5.32 Å². The first-order chi connectivity index (χ1) is 8.54. The number of carboxylic acids is 1. The number of ketones is 1. The Morgan fingerprint density at radius 3 is 2.33 bits per heavy atom. The number of nitrogens with two attached hydrogens (primary N) is 1. The molecule has 0 saturated carbocycles. The number of Topliss-reactive ketones (excluding diaryl/α,β-unsaturated/α-hetero) is 1. The van der Waals surface area contributed by atoms with Crippen molar-refractivity contribution in [3.63, 3.8) is 0 Å². The molecule has 0 bridgehead atoms. The van der Waals surface area contributed by atoms with Crippen LogP contribution >= 0.6 is 0 Å². The first kappa shape index (κ1) is 13.9. The largest absolute Gasteiger partial charge is 0.481 e. The molecule has 6 heteroatoms. The van der Waals surface area contributed by atoms with Crippen LogP contribution in [-0.2, 0) is 9.59 Å². The Morgan fingerprint density at radius 1 is 1.22 bits per heavy atom. The summed E-state index contributed by atoms with van der Waals surface area (Å²) < 4.78 is 0. The first-order valence-corrected chi connectivity index (χ1v) is 5.35. The van der Waals surface area contributed by atoms with E-state index in [9.17, 15) is 14.4 Å². The van der Waals surface area contributed by atoms with Gasteiger partial charge in [-0.1, -0.05) is 30.3 Å². The van der Waals surface area contributed by atoms with Gasteiger partial charge < -0.3 is 16.2 Å². The molecule has 18 heavy (non-hydrogen) atoms. The van der Waals surface area contributed by atoms with Crippen molar-refractivity contribution in [2.24, 2.45) is 5.73 Å². The third kappa shape index (κ3) is 3.99. The van der Waals surface area contributed by atoms with Gasteiger partial charge in [0, 0.05) is 5.56 Å². The van der Waals surface area contributed by atoms with E-state index in [1.807, 2.05) is 0 Å². The Hall–Kier alpha value is -2.21. The molecule has 4 N–H and O–H groups in total. The number of hydrogen-bond donors (Lipinski definition) is 3. The van der Waals surface area contributed by atoms with E-state index in [0.717, 1.165) is 0 Å². The van der Waals surface area contributed by atoms with Gasteiger partial charge in [-0.15, -0.1) is 0 Å². The zero-order valence-corrected chi connectivity index (χ0v) is 9.63. The van der Waals surface area contributed by atoms with E-state index < -0.39 is 30.1 Å². The minimum absolute atomic E-state index is 0.293. The van der Waals surface area contributed by atoms with Gasteiger partial charge in [-0.3, -0.25) is 14.4 Å². The van der Waals surface area contributed by atoms with Crippen molar-refractivity contribution >= 4 is 17.7 Å². The van der Waals surface area contributed by atoms with Gasteiger partial charge in [0.05, 0.1) is 13.0 Å². The van der Waals surface area contributed by atoms with Gasteiger partial charge in [0.25, 0.3) is 0 Å². The molecule has 1 atom stereocenters. The molecule has 1 rings (SSSR count). The molecule has 0 aliphatic rings. The fourth-order valence-electron chi connectivity index (χ4n) is 1.44. The van der Waals surface area contributed by atoms with E-state index in [1.165, 1.54) is 0 Å². The maximum Gasteiger partial charge on any atom is 0.305 e. The fourth-order valence-corrected chi connectivity index (χ4v) is 1.44. The average molecular weight is 250 g/mol. The number of benzene rings is 1. The summed E-state index contributed by atoms with van der Waals surface area (Å²) in [7, 11) is 0. The maximum absolute atomic E-state index is 12.0. The van der Waals surface area contributed by atoms with Crippen LogP contribution in [0.25, 0.3) is 0 Å². The van der Waals surface area contributed by atoms with Crippen LogP contribution in [0, 0.1) is 0 Å². The zero-order valence-electron chi connectivity index (χ0n) is 9.63. The predicted octanol–water partition coefficient (Wildman–Crippen LogP) is -0.212. The number of rotatable bonds is 6. The summed E-state index contributed by atoms with van der Waals surface area (Å²) in [6, 6.07) is 7.09. The van der Waals surface area contributed by atoms with Crippen LogP contribution in [0.2, 0.25) is 0 Å². The van der Waals surface area contributed by atoms with Gasteiger partial charge in [0.1, 0.15) is 6.04 Å². The van der Waals surface area contributed by atoms with Crippen molar-refractivity contribution in [2.75, 3.05) is 6.54 Å². The normalized spacial score (nSPS) is 11.6. The smallest absolute Gasteiger partial charge is 0.305 e. The number of carboxylic acid groups (broad SMARTS) is 1. The minimum Gasteiger partial charge on any atom is -0.481 e.